The fraction of sp³-hybridized carbons (Fsp3) is 0.150. The number of rotatable bonds is 4. The molecule has 0 N–H and O–H groups in total. The van der Waals surface area contributed by atoms with Gasteiger partial charge in [0.1, 0.15) is 0 Å². The lowest BCUT2D eigenvalue weighted by Crippen LogP contribution is -2.29. The number of hydrazone groups is 1. The Balaban J connectivity index is 1.87. The summed E-state index contributed by atoms with van der Waals surface area (Å²) in [4.78, 5) is 37.6. The fourth-order valence-electron chi connectivity index (χ4n) is 2.73. The zero-order valence-electron chi connectivity index (χ0n) is 15.6. The molecule has 0 saturated heterocycles. The maximum atomic E-state index is 12.7. The minimum absolute atomic E-state index is 0.0238. The largest absolute Gasteiger partial charge is 0.378 e. The van der Waals surface area contributed by atoms with Gasteiger partial charge in [-0.1, -0.05) is 18.2 Å². The van der Waals surface area contributed by atoms with Gasteiger partial charge in [0.2, 0.25) is 0 Å². The molecule has 1 aliphatic rings. The van der Waals surface area contributed by atoms with Crippen LogP contribution < -0.4 is 4.90 Å². The van der Waals surface area contributed by atoms with Gasteiger partial charge in [-0.15, -0.1) is 0 Å². The smallest absolute Gasteiger partial charge is 0.283 e. The molecule has 0 aliphatic carbocycles. The van der Waals surface area contributed by atoms with Crippen molar-refractivity contribution in [3.05, 3.63) is 75.3 Å². The number of carbonyl (C=O) groups is 2. The number of amides is 2. The first-order valence-corrected chi connectivity index (χ1v) is 8.46. The van der Waals surface area contributed by atoms with Crippen LogP contribution in [0.15, 0.2) is 59.2 Å². The van der Waals surface area contributed by atoms with E-state index in [1.165, 1.54) is 18.2 Å². The lowest BCUT2D eigenvalue weighted by atomic mass is 10.1. The van der Waals surface area contributed by atoms with E-state index in [9.17, 15) is 19.7 Å². The zero-order valence-corrected chi connectivity index (χ0v) is 15.6. The van der Waals surface area contributed by atoms with E-state index in [0.717, 1.165) is 22.3 Å². The lowest BCUT2D eigenvalue weighted by molar-refractivity contribution is -0.384. The molecule has 0 aromatic heterocycles. The third-order valence-corrected chi connectivity index (χ3v) is 4.28. The second kappa shape index (κ2) is 7.43. The highest BCUT2D eigenvalue weighted by atomic mass is 16.6. The highest BCUT2D eigenvalue weighted by Crippen LogP contribution is 2.23. The summed E-state index contributed by atoms with van der Waals surface area (Å²) in [6.07, 6.45) is 1.67. The molecule has 142 valence electrons. The number of nitrogens with zero attached hydrogens (tertiary/aromatic N) is 4. The summed E-state index contributed by atoms with van der Waals surface area (Å²) in [7, 11) is 3.87. The van der Waals surface area contributed by atoms with Crippen LogP contribution in [0.25, 0.3) is 6.08 Å². The van der Waals surface area contributed by atoms with E-state index in [-0.39, 0.29) is 11.3 Å². The van der Waals surface area contributed by atoms with Crippen molar-refractivity contribution in [1.29, 1.82) is 0 Å². The summed E-state index contributed by atoms with van der Waals surface area (Å²) in [6.45, 7) is 1.64. The van der Waals surface area contributed by atoms with Crippen LogP contribution >= 0.6 is 0 Å². The van der Waals surface area contributed by atoms with Crippen LogP contribution in [-0.2, 0) is 4.79 Å². The normalized spacial score (nSPS) is 15.0. The van der Waals surface area contributed by atoms with E-state index in [1.807, 2.05) is 43.3 Å². The van der Waals surface area contributed by atoms with Crippen LogP contribution in [0.2, 0.25) is 0 Å². The first-order valence-electron chi connectivity index (χ1n) is 8.46. The number of hydrogen-bond acceptors (Lipinski definition) is 6. The molecular weight excluding hydrogens is 360 g/mol. The quantitative estimate of drug-likeness (QED) is 0.352. The molecule has 0 unspecified atom stereocenters. The number of anilines is 1. The van der Waals surface area contributed by atoms with Crippen molar-refractivity contribution >= 4 is 35.0 Å². The molecule has 0 atom stereocenters. The summed E-state index contributed by atoms with van der Waals surface area (Å²) in [5, 5.41) is 15.7. The van der Waals surface area contributed by atoms with Crippen molar-refractivity contribution in [2.75, 3.05) is 19.0 Å². The predicted octanol–water partition coefficient (Wildman–Crippen LogP) is 3.10. The SMILES string of the molecule is CC1=NN(C(=O)c2cccc([N+](=O)[O-])c2)C(=O)C1=Cc1ccc(N(C)C)cc1. The average molecular weight is 378 g/mol. The maximum absolute atomic E-state index is 12.7. The van der Waals surface area contributed by atoms with E-state index in [4.69, 9.17) is 0 Å². The average Bonchev–Trinajstić information content (AvgIpc) is 2.96. The number of nitro groups is 1. The molecule has 0 radical (unpaired) electrons. The van der Waals surface area contributed by atoms with Crippen molar-refractivity contribution in [2.24, 2.45) is 5.10 Å². The molecule has 8 nitrogen and oxygen atoms in total. The van der Waals surface area contributed by atoms with E-state index in [0.29, 0.717) is 11.3 Å². The molecule has 0 saturated carbocycles. The molecule has 0 bridgehead atoms. The van der Waals surface area contributed by atoms with Crippen LogP contribution in [0.1, 0.15) is 22.8 Å². The zero-order chi connectivity index (χ0) is 20.4. The highest BCUT2D eigenvalue weighted by Gasteiger charge is 2.33. The van der Waals surface area contributed by atoms with Crippen molar-refractivity contribution in [3.8, 4) is 0 Å². The number of non-ortho nitro benzene ring substituents is 1. The molecule has 0 spiro atoms. The van der Waals surface area contributed by atoms with Crippen LogP contribution in [0, 0.1) is 10.1 Å². The molecule has 2 aromatic rings. The van der Waals surface area contributed by atoms with Crippen molar-refractivity contribution < 1.29 is 14.5 Å². The van der Waals surface area contributed by atoms with E-state index in [2.05, 4.69) is 5.10 Å². The fourth-order valence-corrected chi connectivity index (χ4v) is 2.73. The summed E-state index contributed by atoms with van der Waals surface area (Å²) in [6, 6.07) is 12.8. The van der Waals surface area contributed by atoms with Crippen molar-refractivity contribution in [2.45, 2.75) is 6.92 Å². The summed E-state index contributed by atoms with van der Waals surface area (Å²) in [5.41, 5.74) is 2.32. The molecule has 8 heteroatoms. The minimum Gasteiger partial charge on any atom is -0.378 e. The highest BCUT2D eigenvalue weighted by molar-refractivity contribution is 6.30. The van der Waals surface area contributed by atoms with E-state index in [1.54, 1.807) is 13.0 Å². The van der Waals surface area contributed by atoms with Gasteiger partial charge >= 0.3 is 0 Å². The summed E-state index contributed by atoms with van der Waals surface area (Å²) < 4.78 is 0. The summed E-state index contributed by atoms with van der Waals surface area (Å²) >= 11 is 0. The van der Waals surface area contributed by atoms with Crippen LogP contribution in [0.4, 0.5) is 11.4 Å². The first-order chi connectivity index (χ1) is 13.3. The van der Waals surface area contributed by atoms with Crippen LogP contribution in [0.3, 0.4) is 0 Å². The van der Waals surface area contributed by atoms with Gasteiger partial charge in [0.25, 0.3) is 17.5 Å². The van der Waals surface area contributed by atoms with Crippen molar-refractivity contribution in [3.63, 3.8) is 0 Å². The molecule has 0 fully saturated rings. The topological polar surface area (TPSA) is 96.1 Å². The van der Waals surface area contributed by atoms with Gasteiger partial charge in [-0.2, -0.15) is 10.1 Å². The summed E-state index contributed by atoms with van der Waals surface area (Å²) in [5.74, 6) is -1.27. The molecule has 1 heterocycles. The second-order valence-corrected chi connectivity index (χ2v) is 6.46. The van der Waals surface area contributed by atoms with Gasteiger partial charge in [0, 0.05) is 37.5 Å². The Morgan fingerprint density at radius 2 is 1.86 bits per heavy atom. The number of benzene rings is 2. The van der Waals surface area contributed by atoms with Crippen LogP contribution in [0.5, 0.6) is 0 Å². The predicted molar refractivity (Wildman–Crippen MR) is 106 cm³/mol. The third-order valence-electron chi connectivity index (χ3n) is 4.28. The second-order valence-electron chi connectivity index (χ2n) is 6.46. The Labute approximate surface area is 161 Å². The van der Waals surface area contributed by atoms with Gasteiger partial charge in [-0.05, 0) is 36.8 Å². The van der Waals surface area contributed by atoms with Gasteiger partial charge in [-0.25, -0.2) is 0 Å². The number of imide groups is 1. The van der Waals surface area contributed by atoms with Crippen LogP contribution in [-0.4, -0.2) is 41.6 Å². The molecule has 3 rings (SSSR count). The number of hydrogen-bond donors (Lipinski definition) is 0. The Hall–Kier alpha value is -3.81. The Kier molecular flexibility index (Phi) is 5.04. The molecule has 2 amide bonds. The monoisotopic (exact) mass is 378 g/mol. The van der Waals surface area contributed by atoms with Gasteiger partial charge in [0.05, 0.1) is 16.2 Å². The lowest BCUT2D eigenvalue weighted by Gasteiger charge is -2.12. The van der Waals surface area contributed by atoms with E-state index >= 15 is 0 Å². The Morgan fingerprint density at radius 1 is 1.18 bits per heavy atom. The molecule has 1 aliphatic heterocycles. The molecular formula is C20H18N4O4. The number of nitro benzene ring substituents is 1. The van der Waals surface area contributed by atoms with Gasteiger partial charge in [-0.3, -0.25) is 19.7 Å². The third kappa shape index (κ3) is 3.66. The standard InChI is InChI=1S/C20H18N4O4/c1-13-18(11-14-7-9-16(10-8-14)22(2)3)20(26)23(21-13)19(25)15-5-4-6-17(12-15)24(27)28/h4-12H,1-3H3. The van der Waals surface area contributed by atoms with Crippen molar-refractivity contribution in [1.82, 2.24) is 5.01 Å². The van der Waals surface area contributed by atoms with Gasteiger partial charge < -0.3 is 4.90 Å². The Bertz CT molecular complexity index is 1020. The first kappa shape index (κ1) is 19.0. The molecule has 28 heavy (non-hydrogen) atoms. The maximum Gasteiger partial charge on any atom is 0.283 e. The Morgan fingerprint density at radius 3 is 2.46 bits per heavy atom. The molecule has 2 aromatic carbocycles. The minimum atomic E-state index is -0.709. The van der Waals surface area contributed by atoms with E-state index < -0.39 is 16.7 Å². The van der Waals surface area contributed by atoms with Gasteiger partial charge in [0.15, 0.2) is 0 Å². The number of carbonyl (C=O) groups excluding carboxylic acids is 2.